The van der Waals surface area contributed by atoms with E-state index in [9.17, 15) is 4.39 Å². The lowest BCUT2D eigenvalue weighted by Crippen LogP contribution is -2.29. The topological polar surface area (TPSA) is 29.3 Å². The minimum Gasteiger partial charge on any atom is -0.327 e. The molecule has 2 N–H and O–H groups in total. The number of hydrogen-bond donors (Lipinski definition) is 1. The lowest BCUT2D eigenvalue weighted by Gasteiger charge is -2.19. The number of rotatable bonds is 6. The van der Waals surface area contributed by atoms with Crippen LogP contribution < -0.4 is 5.73 Å². The van der Waals surface area contributed by atoms with Crippen LogP contribution in [0.5, 0.6) is 0 Å². The summed E-state index contributed by atoms with van der Waals surface area (Å²) in [5, 5.41) is 0. The second-order valence-electron chi connectivity index (χ2n) is 5.16. The third-order valence-corrected chi connectivity index (χ3v) is 3.41. The first-order chi connectivity index (χ1) is 8.15. The van der Waals surface area contributed by atoms with E-state index >= 15 is 0 Å². The van der Waals surface area contributed by atoms with Gasteiger partial charge in [0.2, 0.25) is 0 Å². The van der Waals surface area contributed by atoms with E-state index in [0.29, 0.717) is 6.04 Å². The maximum atomic E-state index is 13.0. The second-order valence-corrected chi connectivity index (χ2v) is 5.16. The normalized spacial score (nSPS) is 17.4. The van der Waals surface area contributed by atoms with Crippen molar-refractivity contribution in [3.63, 3.8) is 0 Å². The molecule has 17 heavy (non-hydrogen) atoms. The molecule has 2 rings (SSSR count). The van der Waals surface area contributed by atoms with Gasteiger partial charge in [-0.25, -0.2) is 4.39 Å². The number of nitrogens with zero attached hydrogens (tertiary/aromatic N) is 1. The fourth-order valence-electron chi connectivity index (χ4n) is 2.16. The van der Waals surface area contributed by atoms with Crippen LogP contribution in [0.3, 0.4) is 0 Å². The molecule has 3 heteroatoms. The van der Waals surface area contributed by atoms with Gasteiger partial charge in [-0.05, 0) is 56.5 Å². The molecule has 94 valence electrons. The molecule has 0 amide bonds. The standard InChI is InChI=1S/C14H21FN2/c1-17(8-7-14(16)12-5-6-12)10-11-3-2-4-13(15)9-11/h2-4,9,12,14H,5-8,10,16H2,1H3. The van der Waals surface area contributed by atoms with Gasteiger partial charge < -0.3 is 10.6 Å². The molecular formula is C14H21FN2. The van der Waals surface area contributed by atoms with Gasteiger partial charge in [-0.3, -0.25) is 0 Å². The Bertz CT molecular complexity index is 363. The summed E-state index contributed by atoms with van der Waals surface area (Å²) >= 11 is 0. The van der Waals surface area contributed by atoms with Crippen molar-refractivity contribution in [2.45, 2.75) is 31.8 Å². The van der Waals surface area contributed by atoms with Gasteiger partial charge in [0, 0.05) is 12.6 Å². The highest BCUT2D eigenvalue weighted by atomic mass is 19.1. The van der Waals surface area contributed by atoms with Crippen molar-refractivity contribution in [2.24, 2.45) is 11.7 Å². The average Bonchev–Trinajstić information content (AvgIpc) is 3.09. The highest BCUT2D eigenvalue weighted by Crippen LogP contribution is 2.32. The van der Waals surface area contributed by atoms with E-state index in [2.05, 4.69) is 11.9 Å². The second kappa shape index (κ2) is 5.61. The Kier molecular flexibility index (Phi) is 4.13. The van der Waals surface area contributed by atoms with Crippen LogP contribution in [0.15, 0.2) is 24.3 Å². The SMILES string of the molecule is CN(CCC(N)C1CC1)Cc1cccc(F)c1. The minimum atomic E-state index is -0.161. The molecule has 1 saturated carbocycles. The van der Waals surface area contributed by atoms with Gasteiger partial charge in [-0.15, -0.1) is 0 Å². The Hall–Kier alpha value is -0.930. The predicted octanol–water partition coefficient (Wildman–Crippen LogP) is 2.38. The Labute approximate surface area is 103 Å². The summed E-state index contributed by atoms with van der Waals surface area (Å²) < 4.78 is 13.0. The molecule has 2 nitrogen and oxygen atoms in total. The van der Waals surface area contributed by atoms with Gasteiger partial charge in [-0.2, -0.15) is 0 Å². The largest absolute Gasteiger partial charge is 0.327 e. The first-order valence-electron chi connectivity index (χ1n) is 6.33. The number of benzene rings is 1. The van der Waals surface area contributed by atoms with Crippen LogP contribution in [0.2, 0.25) is 0 Å². The maximum absolute atomic E-state index is 13.0. The summed E-state index contributed by atoms with van der Waals surface area (Å²) in [5.74, 6) is 0.600. The lowest BCUT2D eigenvalue weighted by atomic mass is 10.1. The van der Waals surface area contributed by atoms with Crippen molar-refractivity contribution < 1.29 is 4.39 Å². The van der Waals surface area contributed by atoms with E-state index in [0.717, 1.165) is 31.0 Å². The van der Waals surface area contributed by atoms with Crippen molar-refractivity contribution in [3.05, 3.63) is 35.6 Å². The Morgan fingerprint density at radius 2 is 2.24 bits per heavy atom. The molecule has 1 aromatic carbocycles. The summed E-state index contributed by atoms with van der Waals surface area (Å²) in [7, 11) is 2.06. The third-order valence-electron chi connectivity index (χ3n) is 3.41. The highest BCUT2D eigenvalue weighted by molar-refractivity contribution is 5.15. The molecule has 0 saturated heterocycles. The van der Waals surface area contributed by atoms with Crippen LogP contribution in [0.1, 0.15) is 24.8 Å². The van der Waals surface area contributed by atoms with Gasteiger partial charge >= 0.3 is 0 Å². The van der Waals surface area contributed by atoms with E-state index in [4.69, 9.17) is 5.73 Å². The van der Waals surface area contributed by atoms with Gasteiger partial charge in [0.1, 0.15) is 5.82 Å². The van der Waals surface area contributed by atoms with Crippen molar-refractivity contribution in [1.82, 2.24) is 4.90 Å². The zero-order valence-electron chi connectivity index (χ0n) is 10.4. The van der Waals surface area contributed by atoms with Gasteiger partial charge in [0.15, 0.2) is 0 Å². The van der Waals surface area contributed by atoms with E-state index in [1.54, 1.807) is 12.1 Å². The fraction of sp³-hybridized carbons (Fsp3) is 0.571. The summed E-state index contributed by atoms with van der Waals surface area (Å²) in [6.45, 7) is 1.77. The van der Waals surface area contributed by atoms with E-state index in [1.165, 1.54) is 18.9 Å². The van der Waals surface area contributed by atoms with Gasteiger partial charge in [-0.1, -0.05) is 12.1 Å². The number of nitrogens with two attached hydrogens (primary N) is 1. The first kappa shape index (κ1) is 12.5. The molecule has 0 heterocycles. The molecule has 1 atom stereocenters. The van der Waals surface area contributed by atoms with E-state index < -0.39 is 0 Å². The molecule has 0 bridgehead atoms. The monoisotopic (exact) mass is 236 g/mol. The summed E-state index contributed by atoms with van der Waals surface area (Å²) in [4.78, 5) is 2.21. The molecule has 1 aliphatic carbocycles. The molecule has 1 fully saturated rings. The molecule has 0 spiro atoms. The van der Waals surface area contributed by atoms with E-state index in [1.807, 2.05) is 6.07 Å². The predicted molar refractivity (Wildman–Crippen MR) is 68.1 cm³/mol. The van der Waals surface area contributed by atoms with Crippen molar-refractivity contribution in [2.75, 3.05) is 13.6 Å². The lowest BCUT2D eigenvalue weighted by molar-refractivity contribution is 0.305. The number of halogens is 1. The average molecular weight is 236 g/mol. The zero-order valence-corrected chi connectivity index (χ0v) is 10.4. The Morgan fingerprint density at radius 3 is 2.88 bits per heavy atom. The van der Waals surface area contributed by atoms with Crippen LogP contribution in [0.4, 0.5) is 4.39 Å². The van der Waals surface area contributed by atoms with Crippen LogP contribution in [-0.4, -0.2) is 24.5 Å². The summed E-state index contributed by atoms with van der Waals surface area (Å²) in [6.07, 6.45) is 3.64. The zero-order chi connectivity index (χ0) is 12.3. The van der Waals surface area contributed by atoms with Gasteiger partial charge in [0.05, 0.1) is 0 Å². The quantitative estimate of drug-likeness (QED) is 0.821. The van der Waals surface area contributed by atoms with Crippen LogP contribution in [-0.2, 0) is 6.54 Å². The van der Waals surface area contributed by atoms with Gasteiger partial charge in [0.25, 0.3) is 0 Å². The molecule has 0 radical (unpaired) electrons. The molecule has 1 aliphatic rings. The van der Waals surface area contributed by atoms with Crippen molar-refractivity contribution in [1.29, 1.82) is 0 Å². The van der Waals surface area contributed by atoms with Crippen molar-refractivity contribution >= 4 is 0 Å². The number of hydrogen-bond acceptors (Lipinski definition) is 2. The van der Waals surface area contributed by atoms with Crippen LogP contribution >= 0.6 is 0 Å². The third kappa shape index (κ3) is 4.10. The smallest absolute Gasteiger partial charge is 0.123 e. The summed E-state index contributed by atoms with van der Waals surface area (Å²) in [6, 6.07) is 7.14. The minimum absolute atomic E-state index is 0.161. The first-order valence-corrected chi connectivity index (χ1v) is 6.33. The van der Waals surface area contributed by atoms with Crippen LogP contribution in [0, 0.1) is 11.7 Å². The van der Waals surface area contributed by atoms with Crippen molar-refractivity contribution in [3.8, 4) is 0 Å². The maximum Gasteiger partial charge on any atom is 0.123 e. The fourth-order valence-corrected chi connectivity index (χ4v) is 2.16. The summed E-state index contributed by atoms with van der Waals surface area (Å²) in [5.41, 5.74) is 7.08. The molecule has 0 aromatic heterocycles. The molecule has 0 aliphatic heterocycles. The molecule has 1 aromatic rings. The highest BCUT2D eigenvalue weighted by Gasteiger charge is 2.28. The van der Waals surface area contributed by atoms with Crippen LogP contribution in [0.25, 0.3) is 0 Å². The molecular weight excluding hydrogens is 215 g/mol. The Balaban J connectivity index is 1.74. The Morgan fingerprint density at radius 1 is 1.47 bits per heavy atom. The molecule has 1 unspecified atom stereocenters. The van der Waals surface area contributed by atoms with E-state index in [-0.39, 0.29) is 5.82 Å².